The van der Waals surface area contributed by atoms with Crippen LogP contribution in [-0.2, 0) is 20.7 Å². The fourth-order valence-electron chi connectivity index (χ4n) is 4.26. The van der Waals surface area contributed by atoms with E-state index in [-0.39, 0.29) is 11.7 Å². The Labute approximate surface area is 142 Å². The van der Waals surface area contributed by atoms with Crippen molar-refractivity contribution in [2.75, 3.05) is 13.7 Å². The van der Waals surface area contributed by atoms with Gasteiger partial charge in [-0.05, 0) is 38.2 Å². The largest absolute Gasteiger partial charge is 0.390 e. The van der Waals surface area contributed by atoms with Crippen LogP contribution < -0.4 is 0 Å². The highest BCUT2D eigenvalue weighted by atomic mass is 16.5. The number of fused-ring (bicyclic) bond motifs is 1. The molecule has 2 aliphatic rings. The van der Waals surface area contributed by atoms with Gasteiger partial charge in [0.05, 0.1) is 17.6 Å². The molecular weight excluding hydrogens is 306 g/mol. The molecule has 0 aliphatic carbocycles. The lowest BCUT2D eigenvalue weighted by Gasteiger charge is -2.50. The topological polar surface area (TPSA) is 66.8 Å². The predicted molar refractivity (Wildman–Crippen MR) is 89.4 cm³/mol. The molecule has 0 unspecified atom stereocenters. The van der Waals surface area contributed by atoms with Crippen molar-refractivity contribution in [3.63, 3.8) is 0 Å². The number of Topliss-reactive ketones (excluding diaryl/α,β-unsaturated/α-hetero) is 1. The maximum absolute atomic E-state index is 12.6. The van der Waals surface area contributed by atoms with Gasteiger partial charge in [-0.1, -0.05) is 30.3 Å². The zero-order valence-electron chi connectivity index (χ0n) is 14.3. The number of ether oxygens (including phenoxy) is 1. The summed E-state index contributed by atoms with van der Waals surface area (Å²) in [5.74, 6) is -0.0778. The number of carbonyl (C=O) groups is 2. The van der Waals surface area contributed by atoms with Gasteiger partial charge < -0.3 is 14.7 Å². The van der Waals surface area contributed by atoms with Crippen LogP contribution in [0.25, 0.3) is 0 Å². The average Bonchev–Trinajstić information content (AvgIpc) is 2.71. The molecule has 2 aliphatic heterocycles. The normalized spacial score (nSPS) is 32.7. The Morgan fingerprint density at radius 3 is 2.71 bits per heavy atom. The van der Waals surface area contributed by atoms with Crippen LogP contribution in [0.3, 0.4) is 0 Å². The minimum absolute atomic E-state index is 0.00184. The summed E-state index contributed by atoms with van der Waals surface area (Å²) in [6, 6.07) is 9.58. The first-order chi connectivity index (χ1) is 11.5. The molecule has 5 heteroatoms. The van der Waals surface area contributed by atoms with Crippen molar-refractivity contribution >= 4 is 11.7 Å². The number of methoxy groups -OCH3 is 1. The van der Waals surface area contributed by atoms with Crippen molar-refractivity contribution < 1.29 is 19.4 Å². The molecular formula is C19H25NO4. The maximum Gasteiger partial charge on any atom is 0.254 e. The minimum atomic E-state index is -0.885. The van der Waals surface area contributed by atoms with Gasteiger partial charge in [0, 0.05) is 13.7 Å². The molecule has 2 heterocycles. The molecule has 130 valence electrons. The third-order valence-corrected chi connectivity index (χ3v) is 5.77. The van der Waals surface area contributed by atoms with Gasteiger partial charge in [-0.25, -0.2) is 0 Å². The summed E-state index contributed by atoms with van der Waals surface area (Å²) < 4.78 is 5.27. The molecule has 4 atom stereocenters. The summed E-state index contributed by atoms with van der Waals surface area (Å²) in [7, 11) is 1.48. The number of ketones is 1. The molecule has 0 aromatic heterocycles. The Morgan fingerprint density at radius 2 is 2.08 bits per heavy atom. The highest BCUT2D eigenvalue weighted by molar-refractivity contribution is 5.90. The van der Waals surface area contributed by atoms with Gasteiger partial charge >= 0.3 is 0 Å². The van der Waals surface area contributed by atoms with Crippen LogP contribution >= 0.6 is 0 Å². The monoisotopic (exact) mass is 331 g/mol. The molecule has 2 fully saturated rings. The number of β-lactam (4-membered cyclic amide) rings is 1. The Balaban J connectivity index is 1.85. The van der Waals surface area contributed by atoms with E-state index in [1.807, 2.05) is 30.3 Å². The molecule has 1 aromatic carbocycles. The zero-order valence-corrected chi connectivity index (χ0v) is 14.3. The molecule has 1 N–H and O–H groups in total. The number of nitrogens with zero attached hydrogens (tertiary/aromatic N) is 1. The van der Waals surface area contributed by atoms with Gasteiger partial charge in [0.15, 0.2) is 6.10 Å². The standard InChI is InChI=1S/C19H25NO4/c1-13(21)19(11-9-14-7-4-3-5-8-14)10-6-12-20-15(17(19)22)16(24-2)18(20)23/h3-5,7-8,15-17,22H,6,9-12H2,1-2H3/t15-,16-,17+,19-/m1/s1. The highest BCUT2D eigenvalue weighted by Crippen LogP contribution is 2.44. The molecule has 0 radical (unpaired) electrons. The number of aliphatic hydroxyl groups is 1. The molecule has 0 spiro atoms. The van der Waals surface area contributed by atoms with E-state index in [1.54, 1.807) is 11.8 Å². The molecule has 0 saturated carbocycles. The van der Waals surface area contributed by atoms with E-state index in [2.05, 4.69) is 0 Å². The van der Waals surface area contributed by atoms with Crippen LogP contribution in [0, 0.1) is 5.41 Å². The van der Waals surface area contributed by atoms with Gasteiger partial charge in [0.25, 0.3) is 5.91 Å². The number of aliphatic hydroxyl groups excluding tert-OH is 1. The summed E-state index contributed by atoms with van der Waals surface area (Å²) >= 11 is 0. The number of hydrogen-bond acceptors (Lipinski definition) is 4. The summed E-state index contributed by atoms with van der Waals surface area (Å²) in [6.45, 7) is 2.15. The molecule has 3 rings (SSSR count). The Morgan fingerprint density at radius 1 is 1.38 bits per heavy atom. The molecule has 1 aromatic rings. The number of carbonyl (C=O) groups excluding carboxylic acids is 2. The number of amides is 1. The van der Waals surface area contributed by atoms with E-state index in [0.717, 1.165) is 18.4 Å². The van der Waals surface area contributed by atoms with Crippen LogP contribution in [-0.4, -0.2) is 53.6 Å². The van der Waals surface area contributed by atoms with Crippen LogP contribution in [0.5, 0.6) is 0 Å². The van der Waals surface area contributed by atoms with Crippen molar-refractivity contribution in [1.82, 2.24) is 4.90 Å². The summed E-state index contributed by atoms with van der Waals surface area (Å²) in [6.07, 6.45) is 1.13. The van der Waals surface area contributed by atoms with Crippen LogP contribution in [0.15, 0.2) is 30.3 Å². The molecule has 0 bridgehead atoms. The lowest BCUT2D eigenvalue weighted by Crippen LogP contribution is -2.71. The van der Waals surface area contributed by atoms with Gasteiger partial charge in [0.1, 0.15) is 5.78 Å². The van der Waals surface area contributed by atoms with Crippen LogP contribution in [0.2, 0.25) is 0 Å². The number of benzene rings is 1. The Hall–Kier alpha value is -1.72. The Kier molecular flexibility index (Phi) is 4.74. The molecule has 2 saturated heterocycles. The quantitative estimate of drug-likeness (QED) is 0.832. The van der Waals surface area contributed by atoms with E-state index in [4.69, 9.17) is 4.74 Å². The first-order valence-corrected chi connectivity index (χ1v) is 8.57. The zero-order chi connectivity index (χ0) is 17.3. The van der Waals surface area contributed by atoms with Gasteiger partial charge in [-0.2, -0.15) is 0 Å². The average molecular weight is 331 g/mol. The van der Waals surface area contributed by atoms with Gasteiger partial charge in [-0.3, -0.25) is 9.59 Å². The fourth-order valence-corrected chi connectivity index (χ4v) is 4.26. The van der Waals surface area contributed by atoms with E-state index in [0.29, 0.717) is 19.4 Å². The van der Waals surface area contributed by atoms with Crippen molar-refractivity contribution in [3.8, 4) is 0 Å². The van der Waals surface area contributed by atoms with Gasteiger partial charge in [-0.15, -0.1) is 0 Å². The lowest BCUT2D eigenvalue weighted by molar-refractivity contribution is -0.187. The van der Waals surface area contributed by atoms with E-state index >= 15 is 0 Å². The van der Waals surface area contributed by atoms with E-state index in [9.17, 15) is 14.7 Å². The van der Waals surface area contributed by atoms with Crippen molar-refractivity contribution in [1.29, 1.82) is 0 Å². The second-order valence-electron chi connectivity index (χ2n) is 6.92. The maximum atomic E-state index is 12.6. The first kappa shape index (κ1) is 17.1. The number of rotatable bonds is 5. The second kappa shape index (κ2) is 6.65. The van der Waals surface area contributed by atoms with E-state index < -0.39 is 23.7 Å². The smallest absolute Gasteiger partial charge is 0.254 e. The first-order valence-electron chi connectivity index (χ1n) is 8.57. The number of hydrogen-bond donors (Lipinski definition) is 1. The van der Waals surface area contributed by atoms with Crippen molar-refractivity contribution in [2.24, 2.45) is 5.41 Å². The Bertz CT molecular complexity index is 617. The highest BCUT2D eigenvalue weighted by Gasteiger charge is 2.59. The summed E-state index contributed by atoms with van der Waals surface area (Å²) in [5, 5.41) is 11.1. The third kappa shape index (κ3) is 2.66. The summed E-state index contributed by atoms with van der Waals surface area (Å²) in [5.41, 5.74) is 0.339. The summed E-state index contributed by atoms with van der Waals surface area (Å²) in [4.78, 5) is 26.3. The van der Waals surface area contributed by atoms with Crippen LogP contribution in [0.4, 0.5) is 0 Å². The molecule has 24 heavy (non-hydrogen) atoms. The fraction of sp³-hybridized carbons (Fsp3) is 0.579. The molecule has 1 amide bonds. The second-order valence-corrected chi connectivity index (χ2v) is 6.92. The van der Waals surface area contributed by atoms with Crippen molar-refractivity contribution in [3.05, 3.63) is 35.9 Å². The third-order valence-electron chi connectivity index (χ3n) is 5.77. The van der Waals surface area contributed by atoms with Crippen molar-refractivity contribution in [2.45, 2.75) is 50.9 Å². The number of aryl methyl sites for hydroxylation is 1. The lowest BCUT2D eigenvalue weighted by atomic mass is 9.67. The van der Waals surface area contributed by atoms with Gasteiger partial charge in [0.2, 0.25) is 0 Å². The van der Waals surface area contributed by atoms with Crippen LogP contribution in [0.1, 0.15) is 31.7 Å². The van der Waals surface area contributed by atoms with E-state index in [1.165, 1.54) is 7.11 Å². The SMILES string of the molecule is CO[C@H]1C(=O)N2CCC[C@@](CCc3ccccc3)(C(C)=O)[C@@H](O)[C@@H]12. The predicted octanol–water partition coefficient (Wildman–Crippen LogP) is 1.58. The minimum Gasteiger partial charge on any atom is -0.390 e. The molecule has 5 nitrogen and oxygen atoms in total.